The summed E-state index contributed by atoms with van der Waals surface area (Å²) in [5, 5.41) is 18.3. The topological polar surface area (TPSA) is 87.1 Å². The lowest BCUT2D eigenvalue weighted by Gasteiger charge is -2.27. The number of benzene rings is 1. The molecule has 0 radical (unpaired) electrons. The lowest BCUT2D eigenvalue weighted by Crippen LogP contribution is -2.17. The predicted octanol–water partition coefficient (Wildman–Crippen LogP) is 4.95. The van der Waals surface area contributed by atoms with E-state index in [1.807, 2.05) is 12.1 Å². The molecule has 1 atom stereocenters. The molecule has 4 rings (SSSR count). The van der Waals surface area contributed by atoms with Crippen molar-refractivity contribution in [3.63, 3.8) is 0 Å². The fourth-order valence-corrected chi connectivity index (χ4v) is 5.40. The van der Waals surface area contributed by atoms with Crippen molar-refractivity contribution >= 4 is 17.1 Å². The van der Waals surface area contributed by atoms with Gasteiger partial charge in [0.15, 0.2) is 5.78 Å². The van der Waals surface area contributed by atoms with Crippen molar-refractivity contribution in [2.45, 2.75) is 57.2 Å². The Bertz CT molecular complexity index is 1070. The summed E-state index contributed by atoms with van der Waals surface area (Å²) in [6.45, 7) is -2.94. The Kier molecular flexibility index (Phi) is 8.23. The van der Waals surface area contributed by atoms with E-state index in [-0.39, 0.29) is 18.0 Å². The molecule has 1 aliphatic rings. The van der Waals surface area contributed by atoms with Crippen LogP contribution in [0.2, 0.25) is 0 Å². The van der Waals surface area contributed by atoms with Crippen LogP contribution in [0.4, 0.5) is 8.78 Å². The van der Waals surface area contributed by atoms with Crippen LogP contribution in [0.3, 0.4) is 0 Å². The van der Waals surface area contributed by atoms with Crippen molar-refractivity contribution in [2.75, 3.05) is 7.11 Å². The van der Waals surface area contributed by atoms with Crippen molar-refractivity contribution in [3.8, 4) is 5.75 Å². The van der Waals surface area contributed by atoms with Crippen molar-refractivity contribution in [1.29, 1.82) is 0 Å². The maximum absolute atomic E-state index is 12.9. The predicted molar refractivity (Wildman–Crippen MR) is 122 cm³/mol. The second-order valence-corrected chi connectivity index (χ2v) is 9.52. The Morgan fingerprint density at radius 2 is 1.88 bits per heavy atom. The van der Waals surface area contributed by atoms with E-state index in [9.17, 15) is 13.6 Å². The van der Waals surface area contributed by atoms with Crippen LogP contribution in [-0.4, -0.2) is 39.9 Å². The number of methoxy groups -OCH3 is 1. The number of hydrogen-bond acceptors (Lipinski definition) is 8. The lowest BCUT2D eigenvalue weighted by molar-refractivity contribution is -0.128. The van der Waals surface area contributed by atoms with E-state index in [2.05, 4.69) is 25.1 Å². The maximum atomic E-state index is 12.9. The second kappa shape index (κ2) is 11.5. The van der Waals surface area contributed by atoms with Gasteiger partial charge in [-0.15, -0.1) is 21.5 Å². The molecule has 0 saturated heterocycles. The normalized spacial score (nSPS) is 19.2. The molecule has 10 heteroatoms. The molecule has 2 aromatic heterocycles. The Morgan fingerprint density at radius 3 is 2.59 bits per heavy atom. The van der Waals surface area contributed by atoms with Gasteiger partial charge in [0.25, 0.3) is 0 Å². The largest absolute Gasteiger partial charge is 0.435 e. The average molecular weight is 489 g/mol. The fraction of sp³-hybridized carbons (Fsp3) is 0.458. The lowest BCUT2D eigenvalue weighted by atomic mass is 9.79. The summed E-state index contributed by atoms with van der Waals surface area (Å²) < 4.78 is 34.8. The minimum atomic E-state index is -2.94. The number of halogens is 2. The van der Waals surface area contributed by atoms with E-state index in [4.69, 9.17) is 4.74 Å². The molecule has 1 unspecified atom stereocenters. The summed E-state index contributed by atoms with van der Waals surface area (Å²) in [7, 11) is 1.41. The third kappa shape index (κ3) is 6.38. The number of carbonyl (C=O) groups is 1. The molecule has 1 fully saturated rings. The van der Waals surface area contributed by atoms with E-state index >= 15 is 0 Å². The molecular formula is C24H26F2N4O3S. The van der Waals surface area contributed by atoms with Gasteiger partial charge in [-0.3, -0.25) is 4.79 Å². The van der Waals surface area contributed by atoms with Gasteiger partial charge < -0.3 is 9.47 Å². The third-order valence-electron chi connectivity index (χ3n) is 6.07. The third-order valence-corrected chi connectivity index (χ3v) is 7.02. The first kappa shape index (κ1) is 24.3. The summed E-state index contributed by atoms with van der Waals surface area (Å²) in [5.74, 6) is 0.760. The van der Waals surface area contributed by atoms with Gasteiger partial charge in [0.05, 0.1) is 12.1 Å². The Balaban J connectivity index is 1.31. The fourth-order valence-electron chi connectivity index (χ4n) is 4.43. The summed E-state index contributed by atoms with van der Waals surface area (Å²) >= 11 is 1.44. The van der Waals surface area contributed by atoms with E-state index < -0.39 is 12.7 Å². The molecule has 1 aromatic carbocycles. The van der Waals surface area contributed by atoms with Crippen molar-refractivity contribution in [1.82, 2.24) is 20.4 Å². The number of Topliss-reactive ketones (excluding diaryl/α,β-unsaturated/α-hetero) is 1. The van der Waals surface area contributed by atoms with Crippen molar-refractivity contribution in [2.24, 2.45) is 5.92 Å². The molecule has 0 bridgehead atoms. The molecule has 1 aliphatic carbocycles. The zero-order valence-corrected chi connectivity index (χ0v) is 19.6. The zero-order chi connectivity index (χ0) is 23.9. The minimum absolute atomic E-state index is 0.0189. The van der Waals surface area contributed by atoms with Gasteiger partial charge in [0.1, 0.15) is 21.9 Å². The number of rotatable bonds is 10. The van der Waals surface area contributed by atoms with Gasteiger partial charge in [-0.1, -0.05) is 12.1 Å². The van der Waals surface area contributed by atoms with Crippen LogP contribution < -0.4 is 4.74 Å². The first-order chi connectivity index (χ1) is 16.5. The van der Waals surface area contributed by atoms with Crippen molar-refractivity contribution < 1.29 is 23.0 Å². The van der Waals surface area contributed by atoms with Gasteiger partial charge in [0.2, 0.25) is 0 Å². The second-order valence-electron chi connectivity index (χ2n) is 8.37. The average Bonchev–Trinajstić information content (AvgIpc) is 3.27. The molecule has 2 heterocycles. The van der Waals surface area contributed by atoms with Crippen LogP contribution in [0.15, 0.2) is 42.6 Å². The van der Waals surface area contributed by atoms with Crippen LogP contribution in [0.1, 0.15) is 59.0 Å². The van der Waals surface area contributed by atoms with Gasteiger partial charge in [-0.25, -0.2) is 0 Å². The van der Waals surface area contributed by atoms with Gasteiger partial charge in [-0.05, 0) is 61.4 Å². The molecule has 0 N–H and O–H groups in total. The first-order valence-electron chi connectivity index (χ1n) is 11.2. The highest BCUT2D eigenvalue weighted by atomic mass is 32.1. The van der Waals surface area contributed by atoms with Crippen LogP contribution in [-0.2, 0) is 22.4 Å². The minimum Gasteiger partial charge on any atom is -0.435 e. The van der Waals surface area contributed by atoms with Gasteiger partial charge >= 0.3 is 6.61 Å². The molecule has 34 heavy (non-hydrogen) atoms. The van der Waals surface area contributed by atoms with Crippen molar-refractivity contribution in [3.05, 3.63) is 63.9 Å². The maximum Gasteiger partial charge on any atom is 0.387 e. The number of carbonyl (C=O) groups excluding carboxylic acids is 1. The molecule has 0 aliphatic heterocycles. The van der Waals surface area contributed by atoms with Crippen LogP contribution in [0.25, 0.3) is 0 Å². The Morgan fingerprint density at radius 1 is 1.09 bits per heavy atom. The molecule has 1 saturated carbocycles. The highest BCUT2D eigenvalue weighted by Gasteiger charge is 2.26. The summed E-state index contributed by atoms with van der Waals surface area (Å²) in [4.78, 5) is 12.9. The van der Waals surface area contributed by atoms with Crippen LogP contribution in [0, 0.1) is 5.92 Å². The molecule has 7 nitrogen and oxygen atoms in total. The Hall–Kier alpha value is -2.85. The van der Waals surface area contributed by atoms with Crippen LogP contribution >= 0.6 is 11.3 Å². The number of ketones is 1. The molecule has 180 valence electrons. The number of ether oxygens (including phenoxy) is 2. The highest BCUT2D eigenvalue weighted by molar-refractivity contribution is 7.11. The van der Waals surface area contributed by atoms with E-state index in [1.54, 1.807) is 18.3 Å². The summed E-state index contributed by atoms with van der Waals surface area (Å²) in [5.41, 5.74) is 1.52. The molecular weight excluding hydrogens is 462 g/mol. The van der Waals surface area contributed by atoms with Gasteiger partial charge in [0, 0.05) is 25.6 Å². The molecule has 3 aromatic rings. The first-order valence-corrected chi connectivity index (χ1v) is 12.0. The molecule has 0 spiro atoms. The number of alkyl halides is 2. The standard InChI is InChI=1S/C24H26F2N4O3S/c1-32-23(17-4-2-5-18(13-17)33-24(25)26)20(31)14-22-30-29-21(34-22)12-15-7-9-16(10-8-15)19-6-3-11-27-28-19/h2-6,11,13,15-16,23-24H,7-10,12,14H2,1H3. The highest BCUT2D eigenvalue weighted by Crippen LogP contribution is 2.36. The quantitative estimate of drug-likeness (QED) is 0.399. The number of aromatic nitrogens is 4. The SMILES string of the molecule is COC(C(=O)Cc1nnc(CC2CCC(c3cccnn3)CC2)s1)c1cccc(OC(F)F)c1. The zero-order valence-electron chi connectivity index (χ0n) is 18.8. The molecule has 0 amide bonds. The summed E-state index contributed by atoms with van der Waals surface area (Å²) in [6, 6.07) is 9.97. The van der Waals surface area contributed by atoms with E-state index in [1.165, 1.54) is 30.6 Å². The smallest absolute Gasteiger partial charge is 0.387 e. The number of nitrogens with zero attached hydrogens (tertiary/aromatic N) is 4. The summed E-state index contributed by atoms with van der Waals surface area (Å²) in [6.07, 6.45) is 6.06. The van der Waals surface area contributed by atoms with E-state index in [0.29, 0.717) is 22.4 Å². The van der Waals surface area contributed by atoms with E-state index in [0.717, 1.165) is 42.8 Å². The monoisotopic (exact) mass is 488 g/mol. The van der Waals surface area contributed by atoms with Gasteiger partial charge in [-0.2, -0.15) is 19.0 Å². The number of hydrogen-bond donors (Lipinski definition) is 0. The van der Waals surface area contributed by atoms with Crippen LogP contribution in [0.5, 0.6) is 5.75 Å². The Labute approximate surface area is 200 Å².